The van der Waals surface area contributed by atoms with Gasteiger partial charge in [0, 0.05) is 19.1 Å². The van der Waals surface area contributed by atoms with Crippen LogP contribution in [0.15, 0.2) is 34.9 Å². The molecule has 1 atom stereocenters. The van der Waals surface area contributed by atoms with Gasteiger partial charge in [0.25, 0.3) is 5.91 Å². The molecule has 2 aromatic rings. The number of carbonyl (C=O) groups excluding carboxylic acids is 2. The molecule has 2 aliphatic heterocycles. The molecular weight excluding hydrogens is 358 g/mol. The van der Waals surface area contributed by atoms with Crippen molar-refractivity contribution in [2.24, 2.45) is 0 Å². The molecule has 28 heavy (non-hydrogen) atoms. The molecule has 2 fully saturated rings. The number of hydrogen-bond donors (Lipinski definition) is 0. The van der Waals surface area contributed by atoms with Crippen molar-refractivity contribution in [2.45, 2.75) is 45.2 Å². The van der Waals surface area contributed by atoms with Crippen molar-refractivity contribution in [3.05, 3.63) is 52.9 Å². The maximum Gasteiger partial charge on any atom is 0.410 e. The van der Waals surface area contributed by atoms with Crippen LogP contribution in [-0.4, -0.2) is 58.7 Å². The number of likely N-dealkylation sites (tertiary alicyclic amines) is 1. The predicted octanol–water partition coefficient (Wildman–Crippen LogP) is 2.96. The van der Waals surface area contributed by atoms with E-state index in [9.17, 15) is 9.59 Å². The van der Waals surface area contributed by atoms with Crippen LogP contribution >= 0.6 is 0 Å². The van der Waals surface area contributed by atoms with Gasteiger partial charge in [-0.1, -0.05) is 35.5 Å². The fourth-order valence-corrected chi connectivity index (χ4v) is 4.26. The Kier molecular flexibility index (Phi) is 5.07. The summed E-state index contributed by atoms with van der Waals surface area (Å²) in [6.07, 6.45) is 2.03. The summed E-state index contributed by atoms with van der Waals surface area (Å²) >= 11 is 0. The van der Waals surface area contributed by atoms with E-state index in [4.69, 9.17) is 9.26 Å². The highest BCUT2D eigenvalue weighted by Gasteiger charge is 2.40. The van der Waals surface area contributed by atoms with E-state index in [-0.39, 0.29) is 24.1 Å². The zero-order valence-electron chi connectivity index (χ0n) is 16.3. The minimum Gasteiger partial charge on any atom is -0.447 e. The lowest BCUT2D eigenvalue weighted by atomic mass is 9.98. The third kappa shape index (κ3) is 3.48. The first-order chi connectivity index (χ1) is 13.5. The summed E-state index contributed by atoms with van der Waals surface area (Å²) in [5, 5.41) is 3.88. The van der Waals surface area contributed by atoms with Gasteiger partial charge in [-0.25, -0.2) is 4.79 Å². The highest BCUT2D eigenvalue weighted by atomic mass is 16.6. The molecule has 0 N–H and O–H groups in total. The SMILES string of the molecule is Cc1noc(C)c1C(=O)N1CCC(N2C(=O)OCC2Cc2ccccc2)CC1. The molecule has 2 saturated heterocycles. The van der Waals surface area contributed by atoms with Crippen molar-refractivity contribution in [1.29, 1.82) is 0 Å². The number of benzene rings is 1. The van der Waals surface area contributed by atoms with Crippen LogP contribution in [0.5, 0.6) is 0 Å². The van der Waals surface area contributed by atoms with E-state index < -0.39 is 0 Å². The van der Waals surface area contributed by atoms with Gasteiger partial charge >= 0.3 is 6.09 Å². The summed E-state index contributed by atoms with van der Waals surface area (Å²) in [6.45, 7) is 5.18. The number of amides is 2. The van der Waals surface area contributed by atoms with Gasteiger partial charge in [-0.2, -0.15) is 0 Å². The Morgan fingerprint density at radius 3 is 2.54 bits per heavy atom. The third-order valence-electron chi connectivity index (χ3n) is 5.71. The van der Waals surface area contributed by atoms with E-state index in [1.807, 2.05) is 28.0 Å². The maximum atomic E-state index is 12.8. The number of aryl methyl sites for hydroxylation is 2. The Morgan fingerprint density at radius 2 is 1.89 bits per heavy atom. The maximum absolute atomic E-state index is 12.8. The van der Waals surface area contributed by atoms with Crippen LogP contribution in [0.25, 0.3) is 0 Å². The molecule has 4 rings (SSSR count). The van der Waals surface area contributed by atoms with Crippen LogP contribution in [0.2, 0.25) is 0 Å². The summed E-state index contributed by atoms with van der Waals surface area (Å²) in [5.41, 5.74) is 2.37. The highest BCUT2D eigenvalue weighted by Crippen LogP contribution is 2.27. The van der Waals surface area contributed by atoms with Gasteiger partial charge in [0.2, 0.25) is 0 Å². The first-order valence-corrected chi connectivity index (χ1v) is 9.75. The van der Waals surface area contributed by atoms with Gasteiger partial charge in [-0.05, 0) is 38.7 Å². The lowest BCUT2D eigenvalue weighted by Gasteiger charge is -2.37. The van der Waals surface area contributed by atoms with Crippen LogP contribution in [-0.2, 0) is 11.2 Å². The van der Waals surface area contributed by atoms with Crippen molar-refractivity contribution in [1.82, 2.24) is 15.0 Å². The Hall–Kier alpha value is -2.83. The molecule has 0 saturated carbocycles. The minimum atomic E-state index is -0.239. The standard InChI is InChI=1S/C21H25N3O4/c1-14-19(15(2)28-22-14)20(25)23-10-8-17(9-11-23)24-18(13-27-21(24)26)12-16-6-4-3-5-7-16/h3-7,17-18H,8-13H2,1-2H3. The molecule has 1 unspecified atom stereocenters. The number of hydrogen-bond acceptors (Lipinski definition) is 5. The quantitative estimate of drug-likeness (QED) is 0.811. The summed E-state index contributed by atoms with van der Waals surface area (Å²) in [7, 11) is 0. The molecular formula is C21H25N3O4. The molecule has 7 heteroatoms. The summed E-state index contributed by atoms with van der Waals surface area (Å²) in [6, 6.07) is 10.3. The molecule has 1 aromatic heterocycles. The lowest BCUT2D eigenvalue weighted by molar-refractivity contribution is 0.0634. The Bertz CT molecular complexity index is 836. The van der Waals surface area contributed by atoms with E-state index in [0.29, 0.717) is 36.7 Å². The fourth-order valence-electron chi connectivity index (χ4n) is 4.26. The number of carbonyl (C=O) groups is 2. The lowest BCUT2D eigenvalue weighted by Crippen LogP contribution is -2.50. The summed E-state index contributed by atoms with van der Waals surface area (Å²) in [5.74, 6) is 0.509. The summed E-state index contributed by atoms with van der Waals surface area (Å²) in [4.78, 5) is 28.9. The molecule has 1 aromatic carbocycles. The van der Waals surface area contributed by atoms with Gasteiger partial charge in [0.1, 0.15) is 17.9 Å². The van der Waals surface area contributed by atoms with Gasteiger partial charge in [-0.3, -0.25) is 9.69 Å². The first-order valence-electron chi connectivity index (χ1n) is 9.75. The second kappa shape index (κ2) is 7.66. The normalized spacial score (nSPS) is 20.5. The van der Waals surface area contributed by atoms with E-state index in [2.05, 4.69) is 17.3 Å². The van der Waals surface area contributed by atoms with Crippen molar-refractivity contribution < 1.29 is 18.8 Å². The van der Waals surface area contributed by atoms with Crippen LogP contribution in [0, 0.1) is 13.8 Å². The average molecular weight is 383 g/mol. The molecule has 148 valence electrons. The number of rotatable bonds is 4. The number of ether oxygens (including phenoxy) is 1. The average Bonchev–Trinajstić information content (AvgIpc) is 3.24. The Labute approximate surface area is 164 Å². The largest absolute Gasteiger partial charge is 0.447 e. The van der Waals surface area contributed by atoms with Crippen LogP contribution < -0.4 is 0 Å². The molecule has 0 bridgehead atoms. The van der Waals surface area contributed by atoms with E-state index in [0.717, 1.165) is 19.3 Å². The zero-order valence-corrected chi connectivity index (χ0v) is 16.3. The molecule has 0 radical (unpaired) electrons. The molecule has 0 spiro atoms. The number of aromatic nitrogens is 1. The van der Waals surface area contributed by atoms with Crippen molar-refractivity contribution in [2.75, 3.05) is 19.7 Å². The molecule has 7 nitrogen and oxygen atoms in total. The van der Waals surface area contributed by atoms with Gasteiger partial charge < -0.3 is 14.2 Å². The van der Waals surface area contributed by atoms with Crippen molar-refractivity contribution in [3.63, 3.8) is 0 Å². The fraction of sp³-hybridized carbons (Fsp3) is 0.476. The Balaban J connectivity index is 1.41. The van der Waals surface area contributed by atoms with E-state index >= 15 is 0 Å². The minimum absolute atomic E-state index is 0.0421. The van der Waals surface area contributed by atoms with E-state index in [1.165, 1.54) is 5.56 Å². The second-order valence-corrected chi connectivity index (χ2v) is 7.55. The van der Waals surface area contributed by atoms with Gasteiger partial charge in [0.05, 0.1) is 11.7 Å². The smallest absolute Gasteiger partial charge is 0.410 e. The van der Waals surface area contributed by atoms with Gasteiger partial charge in [0.15, 0.2) is 0 Å². The third-order valence-corrected chi connectivity index (χ3v) is 5.71. The molecule has 0 aliphatic carbocycles. The molecule has 3 heterocycles. The Morgan fingerprint density at radius 1 is 1.18 bits per heavy atom. The molecule has 2 amide bonds. The topological polar surface area (TPSA) is 75.9 Å². The van der Waals surface area contributed by atoms with Crippen LogP contribution in [0.4, 0.5) is 4.79 Å². The number of cyclic esters (lactones) is 1. The monoisotopic (exact) mass is 383 g/mol. The molecule has 2 aliphatic rings. The summed E-state index contributed by atoms with van der Waals surface area (Å²) < 4.78 is 10.5. The van der Waals surface area contributed by atoms with E-state index in [1.54, 1.807) is 13.8 Å². The highest BCUT2D eigenvalue weighted by molar-refractivity contribution is 5.96. The second-order valence-electron chi connectivity index (χ2n) is 7.55. The first kappa shape index (κ1) is 18.5. The van der Waals surface area contributed by atoms with Crippen LogP contribution in [0.1, 0.15) is 40.2 Å². The number of piperidine rings is 1. The predicted molar refractivity (Wildman–Crippen MR) is 102 cm³/mol. The van der Waals surface area contributed by atoms with Gasteiger partial charge in [-0.15, -0.1) is 0 Å². The van der Waals surface area contributed by atoms with Crippen molar-refractivity contribution in [3.8, 4) is 0 Å². The van der Waals surface area contributed by atoms with Crippen molar-refractivity contribution >= 4 is 12.0 Å². The number of nitrogens with zero attached hydrogens (tertiary/aromatic N) is 3. The zero-order chi connectivity index (χ0) is 19.7. The van der Waals surface area contributed by atoms with Crippen LogP contribution in [0.3, 0.4) is 0 Å².